The Morgan fingerprint density at radius 1 is 1.22 bits per heavy atom. The summed E-state index contributed by atoms with van der Waals surface area (Å²) in [7, 11) is 1.82. The van der Waals surface area contributed by atoms with Gasteiger partial charge in [0.2, 0.25) is 0 Å². The average molecular weight is 452 g/mol. The average Bonchev–Trinajstić information content (AvgIpc) is 3.02. The van der Waals surface area contributed by atoms with Crippen molar-refractivity contribution in [2.45, 2.75) is 6.42 Å². The molecule has 0 atom stereocenters. The van der Waals surface area contributed by atoms with Gasteiger partial charge in [0.05, 0.1) is 16.7 Å². The molecule has 1 heterocycles. The highest BCUT2D eigenvalue weighted by atomic mass is 35.5. The molecule has 0 unspecified atom stereocenters. The van der Waals surface area contributed by atoms with Gasteiger partial charge in [0.1, 0.15) is 22.5 Å². The fraction of sp³-hybridized carbons (Fsp3) is 0.278. The second-order valence-corrected chi connectivity index (χ2v) is 7.31. The van der Waals surface area contributed by atoms with Crippen molar-refractivity contribution in [2.75, 3.05) is 19.8 Å². The van der Waals surface area contributed by atoms with Gasteiger partial charge in [-0.15, -0.1) is 0 Å². The summed E-state index contributed by atoms with van der Waals surface area (Å²) in [5.41, 5.74) is 0.600. The first-order chi connectivity index (χ1) is 12.9. The van der Waals surface area contributed by atoms with Crippen LogP contribution in [0.2, 0.25) is 10.0 Å². The number of ether oxygens (including phenoxy) is 2. The van der Waals surface area contributed by atoms with Crippen LogP contribution in [0.15, 0.2) is 41.0 Å². The second kappa shape index (κ2) is 10.7. The highest BCUT2D eigenvalue weighted by Gasteiger charge is 2.11. The summed E-state index contributed by atoms with van der Waals surface area (Å²) in [6.45, 7) is 1.000. The fourth-order valence-corrected chi connectivity index (χ4v) is 2.90. The molecule has 0 aliphatic heterocycles. The van der Waals surface area contributed by atoms with Crippen molar-refractivity contribution < 1.29 is 14.3 Å². The van der Waals surface area contributed by atoms with Crippen LogP contribution in [-0.2, 0) is 7.05 Å². The number of hydrogen-bond donors (Lipinski definition) is 1. The molecule has 0 saturated heterocycles. The van der Waals surface area contributed by atoms with Crippen LogP contribution in [0, 0.1) is 0 Å². The maximum Gasteiger partial charge on any atom is 0.267 e. The summed E-state index contributed by atoms with van der Waals surface area (Å²) in [5, 5.41) is 3.48. The number of aryl methyl sites for hydroxylation is 1. The molecule has 1 aromatic heterocycles. The molecule has 0 spiro atoms. The number of hydrogen-bond acceptors (Lipinski definition) is 3. The molecule has 1 N–H and O–H groups in total. The first kappa shape index (κ1) is 21.8. The lowest BCUT2D eigenvalue weighted by Gasteiger charge is -2.12. The number of benzene rings is 1. The molecular formula is C18H18Cl4N2O3. The molecular weight excluding hydrogens is 434 g/mol. The van der Waals surface area contributed by atoms with Crippen molar-refractivity contribution in [3.63, 3.8) is 0 Å². The standard InChI is InChI=1S/C18H18Cl4N2O3/c1-24-7-2-4-15(24)18(25)23-6-3-8-27-17-13(19)10-12(11-14(17)20)26-9-5-16(21)22/h2,4-5,7,10-11H,3,6,8-9H2,1H3,(H,23,25). The normalized spacial score (nSPS) is 10.4. The third-order valence-corrected chi connectivity index (χ3v) is 4.36. The van der Waals surface area contributed by atoms with Crippen LogP contribution in [0.25, 0.3) is 0 Å². The number of aromatic nitrogens is 1. The maximum atomic E-state index is 12.0. The van der Waals surface area contributed by atoms with Crippen LogP contribution >= 0.6 is 46.4 Å². The SMILES string of the molecule is Cn1cccc1C(=O)NCCCOc1c(Cl)cc(OCC=C(Cl)Cl)cc1Cl. The first-order valence-corrected chi connectivity index (χ1v) is 9.55. The first-order valence-electron chi connectivity index (χ1n) is 8.04. The number of carbonyl (C=O) groups is 1. The molecule has 0 fully saturated rings. The van der Waals surface area contributed by atoms with Crippen LogP contribution in [0.3, 0.4) is 0 Å². The molecule has 146 valence electrons. The lowest BCUT2D eigenvalue weighted by Crippen LogP contribution is -2.27. The number of amides is 1. The van der Waals surface area contributed by atoms with Crippen LogP contribution in [0.4, 0.5) is 0 Å². The van der Waals surface area contributed by atoms with Crippen molar-refractivity contribution >= 4 is 52.3 Å². The minimum absolute atomic E-state index is 0.117. The topological polar surface area (TPSA) is 52.5 Å². The Labute approximate surface area is 177 Å². The molecule has 2 aromatic rings. The summed E-state index contributed by atoms with van der Waals surface area (Å²) in [6.07, 6.45) is 3.91. The lowest BCUT2D eigenvalue weighted by atomic mass is 10.3. The number of nitrogens with zero attached hydrogens (tertiary/aromatic N) is 1. The van der Waals surface area contributed by atoms with Crippen molar-refractivity contribution in [1.29, 1.82) is 0 Å². The van der Waals surface area contributed by atoms with Gasteiger partial charge in [-0.1, -0.05) is 46.4 Å². The summed E-state index contributed by atoms with van der Waals surface area (Å²) in [4.78, 5) is 12.0. The fourth-order valence-electron chi connectivity index (χ4n) is 2.19. The monoisotopic (exact) mass is 450 g/mol. The van der Waals surface area contributed by atoms with Crippen LogP contribution in [0.5, 0.6) is 11.5 Å². The summed E-state index contributed by atoms with van der Waals surface area (Å²) in [6, 6.07) is 6.76. The Morgan fingerprint density at radius 2 is 1.93 bits per heavy atom. The van der Waals surface area contributed by atoms with Gasteiger partial charge in [0, 0.05) is 31.9 Å². The van der Waals surface area contributed by atoms with E-state index in [9.17, 15) is 4.79 Å². The van der Waals surface area contributed by atoms with Crippen molar-refractivity contribution in [2.24, 2.45) is 7.05 Å². The molecule has 9 heteroatoms. The van der Waals surface area contributed by atoms with E-state index < -0.39 is 0 Å². The lowest BCUT2D eigenvalue weighted by molar-refractivity contribution is 0.0943. The predicted molar refractivity (Wildman–Crippen MR) is 110 cm³/mol. The van der Waals surface area contributed by atoms with Crippen molar-refractivity contribution in [3.8, 4) is 11.5 Å². The maximum absolute atomic E-state index is 12.0. The zero-order chi connectivity index (χ0) is 19.8. The molecule has 0 aliphatic carbocycles. The van der Waals surface area contributed by atoms with E-state index >= 15 is 0 Å². The molecule has 0 radical (unpaired) electrons. The highest BCUT2D eigenvalue weighted by Crippen LogP contribution is 2.37. The number of halogens is 4. The zero-order valence-electron chi connectivity index (χ0n) is 14.5. The number of nitrogens with one attached hydrogen (secondary N) is 1. The zero-order valence-corrected chi connectivity index (χ0v) is 17.5. The minimum atomic E-state index is -0.133. The van der Waals surface area contributed by atoms with Gasteiger partial charge >= 0.3 is 0 Å². The van der Waals surface area contributed by atoms with E-state index in [0.717, 1.165) is 0 Å². The molecule has 0 saturated carbocycles. The summed E-state index contributed by atoms with van der Waals surface area (Å²) < 4.78 is 12.9. The Hall–Kier alpha value is -1.53. The highest BCUT2D eigenvalue weighted by molar-refractivity contribution is 6.55. The quantitative estimate of drug-likeness (QED) is 0.531. The molecule has 5 nitrogen and oxygen atoms in total. The third kappa shape index (κ3) is 6.85. The van der Waals surface area contributed by atoms with Crippen molar-refractivity contribution in [3.05, 3.63) is 56.8 Å². The Bertz CT molecular complexity index is 794. The van der Waals surface area contributed by atoms with Gasteiger partial charge < -0.3 is 19.4 Å². The second-order valence-electron chi connectivity index (χ2n) is 5.48. The Balaban J connectivity index is 1.79. The molecule has 27 heavy (non-hydrogen) atoms. The smallest absolute Gasteiger partial charge is 0.267 e. The molecule has 1 amide bonds. The van der Waals surface area contributed by atoms with E-state index in [1.54, 1.807) is 22.8 Å². The molecule has 2 rings (SSSR count). The number of rotatable bonds is 9. The molecule has 1 aromatic carbocycles. The summed E-state index contributed by atoms with van der Waals surface area (Å²) >= 11 is 23.4. The van der Waals surface area contributed by atoms with E-state index in [4.69, 9.17) is 55.9 Å². The van der Waals surface area contributed by atoms with E-state index in [2.05, 4.69) is 5.32 Å². The van der Waals surface area contributed by atoms with E-state index in [0.29, 0.717) is 46.8 Å². The van der Waals surface area contributed by atoms with Crippen LogP contribution in [0.1, 0.15) is 16.9 Å². The van der Waals surface area contributed by atoms with Gasteiger partial charge in [0.25, 0.3) is 5.91 Å². The van der Waals surface area contributed by atoms with Crippen LogP contribution < -0.4 is 14.8 Å². The molecule has 0 aliphatic rings. The van der Waals surface area contributed by atoms with Gasteiger partial charge in [-0.25, -0.2) is 0 Å². The van der Waals surface area contributed by atoms with Crippen molar-refractivity contribution in [1.82, 2.24) is 9.88 Å². The number of carbonyl (C=O) groups excluding carboxylic acids is 1. The Morgan fingerprint density at radius 3 is 2.52 bits per heavy atom. The summed E-state index contributed by atoms with van der Waals surface area (Å²) in [5.74, 6) is 0.703. The molecule has 0 bridgehead atoms. The predicted octanol–water partition coefficient (Wildman–Crippen LogP) is 5.23. The van der Waals surface area contributed by atoms with Gasteiger partial charge in [-0.2, -0.15) is 0 Å². The van der Waals surface area contributed by atoms with Crippen LogP contribution in [-0.4, -0.2) is 30.2 Å². The van der Waals surface area contributed by atoms with E-state index in [1.807, 2.05) is 19.3 Å². The van der Waals surface area contributed by atoms with E-state index in [1.165, 1.54) is 6.08 Å². The van der Waals surface area contributed by atoms with E-state index in [-0.39, 0.29) is 17.0 Å². The Kier molecular flexibility index (Phi) is 8.64. The third-order valence-electron chi connectivity index (χ3n) is 3.49. The van der Waals surface area contributed by atoms with Gasteiger partial charge in [-0.05, 0) is 24.6 Å². The van der Waals surface area contributed by atoms with Gasteiger partial charge in [-0.3, -0.25) is 4.79 Å². The minimum Gasteiger partial charge on any atom is -0.490 e. The largest absolute Gasteiger partial charge is 0.490 e. The van der Waals surface area contributed by atoms with Gasteiger partial charge in [0.15, 0.2) is 5.75 Å².